The number of benzene rings is 1. The summed E-state index contributed by atoms with van der Waals surface area (Å²) < 4.78 is 0. The van der Waals surface area contributed by atoms with Crippen molar-refractivity contribution in [2.24, 2.45) is 5.73 Å². The Kier molecular flexibility index (Phi) is 7.67. The van der Waals surface area contributed by atoms with E-state index in [2.05, 4.69) is 15.2 Å². The molecule has 2 aromatic rings. The molecule has 0 aliphatic carbocycles. The van der Waals surface area contributed by atoms with Crippen molar-refractivity contribution in [2.75, 3.05) is 23.3 Å². The van der Waals surface area contributed by atoms with E-state index in [9.17, 15) is 4.79 Å². The first-order chi connectivity index (χ1) is 11.1. The van der Waals surface area contributed by atoms with Crippen molar-refractivity contribution in [3.05, 3.63) is 54.2 Å². The Morgan fingerprint density at radius 2 is 1.76 bits per heavy atom. The van der Waals surface area contributed by atoms with Crippen LogP contribution in [0.3, 0.4) is 0 Å². The highest BCUT2D eigenvalue weighted by molar-refractivity contribution is 5.98. The lowest BCUT2D eigenvalue weighted by Crippen LogP contribution is -2.45. The van der Waals surface area contributed by atoms with E-state index in [1.165, 1.54) is 12.8 Å². The second kappa shape index (κ2) is 9.04. The summed E-state index contributed by atoms with van der Waals surface area (Å²) in [6.45, 7) is 3.81. The third-order valence-corrected chi connectivity index (χ3v) is 4.28. The van der Waals surface area contributed by atoms with E-state index >= 15 is 0 Å². The van der Waals surface area contributed by atoms with Crippen molar-refractivity contribution < 1.29 is 4.79 Å². The number of pyridine rings is 1. The Hall–Kier alpha value is -1.82. The zero-order valence-electron chi connectivity index (χ0n) is 14.1. The summed E-state index contributed by atoms with van der Waals surface area (Å²) in [7, 11) is 0. The van der Waals surface area contributed by atoms with Crippen LogP contribution in [-0.2, 0) is 10.3 Å². The molecule has 3 rings (SSSR count). The minimum atomic E-state index is -1.09. The van der Waals surface area contributed by atoms with Crippen LogP contribution in [0.25, 0.3) is 0 Å². The quantitative estimate of drug-likeness (QED) is 0.850. The summed E-state index contributed by atoms with van der Waals surface area (Å²) in [4.78, 5) is 19.2. The molecule has 3 N–H and O–H groups in total. The molecule has 1 aliphatic heterocycles. The lowest BCUT2D eigenvalue weighted by molar-refractivity contribution is -0.120. The van der Waals surface area contributed by atoms with Crippen LogP contribution >= 0.6 is 24.8 Å². The lowest BCUT2D eigenvalue weighted by Gasteiger charge is -2.24. The summed E-state index contributed by atoms with van der Waals surface area (Å²) in [6, 6.07) is 13.2. The first-order valence-electron chi connectivity index (χ1n) is 7.94. The molecule has 1 atom stereocenters. The molecular formula is C18H24Cl2N4O. The predicted octanol–water partition coefficient (Wildman–Crippen LogP) is 3.34. The second-order valence-electron chi connectivity index (χ2n) is 6.12. The molecule has 2 heterocycles. The zero-order chi connectivity index (χ0) is 16.3. The maximum absolute atomic E-state index is 12.5. The Morgan fingerprint density at radius 1 is 1.12 bits per heavy atom. The highest BCUT2D eigenvalue weighted by Crippen LogP contribution is 2.22. The Morgan fingerprint density at radius 3 is 2.32 bits per heavy atom. The third-order valence-electron chi connectivity index (χ3n) is 4.28. The molecule has 1 aliphatic rings. The molecule has 1 saturated heterocycles. The number of carbonyl (C=O) groups is 1. The van der Waals surface area contributed by atoms with Gasteiger partial charge in [-0.3, -0.25) is 4.79 Å². The van der Waals surface area contributed by atoms with Crippen LogP contribution in [0.4, 0.5) is 11.5 Å². The number of nitrogens with zero attached hydrogens (tertiary/aromatic N) is 2. The van der Waals surface area contributed by atoms with Gasteiger partial charge in [-0.05, 0) is 37.5 Å². The van der Waals surface area contributed by atoms with Gasteiger partial charge in [-0.25, -0.2) is 4.98 Å². The first-order valence-corrected chi connectivity index (χ1v) is 7.94. The zero-order valence-corrected chi connectivity index (χ0v) is 15.8. The maximum atomic E-state index is 12.5. The van der Waals surface area contributed by atoms with Crippen LogP contribution in [0.1, 0.15) is 25.3 Å². The van der Waals surface area contributed by atoms with Crippen LogP contribution in [-0.4, -0.2) is 24.0 Å². The average molecular weight is 383 g/mol. The highest BCUT2D eigenvalue weighted by Gasteiger charge is 2.30. The largest absolute Gasteiger partial charge is 0.357 e. The molecule has 1 aromatic carbocycles. The molecule has 136 valence electrons. The minimum absolute atomic E-state index is 0. The van der Waals surface area contributed by atoms with Crippen molar-refractivity contribution in [3.63, 3.8) is 0 Å². The van der Waals surface area contributed by atoms with E-state index in [0.717, 1.165) is 24.5 Å². The number of carbonyl (C=O) groups excluding carboxylic acids is 1. The normalized spacial score (nSPS) is 15.5. The van der Waals surface area contributed by atoms with Crippen molar-refractivity contribution >= 4 is 42.2 Å². The van der Waals surface area contributed by atoms with Crippen molar-refractivity contribution in [2.45, 2.75) is 25.3 Å². The van der Waals surface area contributed by atoms with Gasteiger partial charge in [-0.1, -0.05) is 30.3 Å². The molecule has 1 fully saturated rings. The topological polar surface area (TPSA) is 71.2 Å². The molecular weight excluding hydrogens is 359 g/mol. The fourth-order valence-electron chi connectivity index (χ4n) is 2.77. The van der Waals surface area contributed by atoms with E-state index in [1.54, 1.807) is 13.1 Å². The van der Waals surface area contributed by atoms with Crippen molar-refractivity contribution in [3.8, 4) is 0 Å². The molecule has 25 heavy (non-hydrogen) atoms. The summed E-state index contributed by atoms with van der Waals surface area (Å²) in [5, 5.41) is 2.85. The summed E-state index contributed by atoms with van der Waals surface area (Å²) >= 11 is 0. The number of nitrogens with one attached hydrogen (secondary N) is 1. The van der Waals surface area contributed by atoms with Crippen LogP contribution in [0.5, 0.6) is 0 Å². The van der Waals surface area contributed by atoms with Gasteiger partial charge < -0.3 is 16.0 Å². The van der Waals surface area contributed by atoms with Gasteiger partial charge in [0.05, 0.1) is 11.9 Å². The molecule has 0 saturated carbocycles. The molecule has 0 spiro atoms. The summed E-state index contributed by atoms with van der Waals surface area (Å²) in [6.07, 6.45) is 4.11. The first kappa shape index (κ1) is 21.2. The Labute approximate surface area is 160 Å². The van der Waals surface area contributed by atoms with Gasteiger partial charge in [-0.2, -0.15) is 0 Å². The van der Waals surface area contributed by atoms with Crippen molar-refractivity contribution in [1.82, 2.24) is 4.98 Å². The van der Waals surface area contributed by atoms with E-state index in [0.29, 0.717) is 5.69 Å². The van der Waals surface area contributed by atoms with Gasteiger partial charge >= 0.3 is 0 Å². The molecule has 1 amide bonds. The number of aromatic nitrogens is 1. The van der Waals surface area contributed by atoms with E-state index in [4.69, 9.17) is 5.73 Å². The Bertz CT molecular complexity index is 671. The fraction of sp³-hybridized carbons (Fsp3) is 0.333. The summed E-state index contributed by atoms with van der Waals surface area (Å²) in [5.74, 6) is 0.707. The molecule has 1 aromatic heterocycles. The number of amides is 1. The van der Waals surface area contributed by atoms with Gasteiger partial charge in [0.25, 0.3) is 0 Å². The molecule has 5 nitrogen and oxygen atoms in total. The molecule has 7 heteroatoms. The number of nitrogens with two attached hydrogens (primary N) is 1. The van der Waals surface area contributed by atoms with E-state index in [-0.39, 0.29) is 30.7 Å². The third kappa shape index (κ3) is 4.84. The molecule has 0 radical (unpaired) electrons. The highest BCUT2D eigenvalue weighted by atomic mass is 35.5. The van der Waals surface area contributed by atoms with Gasteiger partial charge in [-0.15, -0.1) is 24.8 Å². The number of rotatable bonds is 4. The minimum Gasteiger partial charge on any atom is -0.357 e. The van der Waals surface area contributed by atoms with Gasteiger partial charge in [0.1, 0.15) is 11.4 Å². The van der Waals surface area contributed by atoms with Crippen LogP contribution < -0.4 is 16.0 Å². The monoisotopic (exact) mass is 382 g/mol. The van der Waals surface area contributed by atoms with E-state index in [1.807, 2.05) is 42.5 Å². The van der Waals surface area contributed by atoms with Crippen LogP contribution in [0.15, 0.2) is 48.7 Å². The van der Waals surface area contributed by atoms with Crippen molar-refractivity contribution in [1.29, 1.82) is 0 Å². The lowest BCUT2D eigenvalue weighted by atomic mass is 9.92. The smallest absolute Gasteiger partial charge is 0.248 e. The maximum Gasteiger partial charge on any atom is 0.248 e. The van der Waals surface area contributed by atoms with Crippen LogP contribution in [0, 0.1) is 0 Å². The predicted molar refractivity (Wildman–Crippen MR) is 107 cm³/mol. The SMILES string of the molecule is CC(N)(C(=O)Nc1ccc(N2CCCC2)nc1)c1ccccc1.Cl.Cl. The number of hydrogen-bond donors (Lipinski definition) is 2. The van der Waals surface area contributed by atoms with Gasteiger partial charge in [0, 0.05) is 13.1 Å². The second-order valence-corrected chi connectivity index (χ2v) is 6.12. The number of hydrogen-bond acceptors (Lipinski definition) is 4. The summed E-state index contributed by atoms with van der Waals surface area (Å²) in [5.41, 5.74) is 6.56. The standard InChI is InChI=1S/C18H22N4O.2ClH/c1-18(19,14-7-3-2-4-8-14)17(23)21-15-9-10-16(20-13-15)22-11-5-6-12-22;;/h2-4,7-10,13H,5-6,11-12,19H2,1H3,(H,21,23);2*1H. The van der Waals surface area contributed by atoms with Crippen LogP contribution in [0.2, 0.25) is 0 Å². The Balaban J connectivity index is 0.00000156. The number of anilines is 2. The van der Waals surface area contributed by atoms with Gasteiger partial charge in [0.15, 0.2) is 0 Å². The molecule has 1 unspecified atom stereocenters. The van der Waals surface area contributed by atoms with Gasteiger partial charge in [0.2, 0.25) is 5.91 Å². The van der Waals surface area contributed by atoms with E-state index < -0.39 is 5.54 Å². The molecule has 0 bridgehead atoms. The number of halogens is 2. The fourth-order valence-corrected chi connectivity index (χ4v) is 2.77. The average Bonchev–Trinajstić information content (AvgIpc) is 3.11.